The average Bonchev–Trinajstić information content (AvgIpc) is 2.81. The number of hydrogen-bond acceptors (Lipinski definition) is 2. The van der Waals surface area contributed by atoms with Gasteiger partial charge in [0.2, 0.25) is 0 Å². The highest BCUT2D eigenvalue weighted by molar-refractivity contribution is 6.42. The second-order valence-electron chi connectivity index (χ2n) is 7.65. The molecule has 31 heavy (non-hydrogen) atoms. The maximum atomic E-state index is 13.5. The van der Waals surface area contributed by atoms with Crippen molar-refractivity contribution in [1.82, 2.24) is 9.80 Å². The summed E-state index contributed by atoms with van der Waals surface area (Å²) in [6.07, 6.45) is 1.99. The van der Waals surface area contributed by atoms with Crippen LogP contribution >= 0.6 is 23.2 Å². The summed E-state index contributed by atoms with van der Waals surface area (Å²) < 4.78 is 0. The molecular formula is C26H24Cl2N2O. The average molecular weight is 451 g/mol. The third-order valence-electron chi connectivity index (χ3n) is 5.48. The maximum absolute atomic E-state index is 13.5. The fraction of sp³-hybridized carbons (Fsp3) is 0.192. The summed E-state index contributed by atoms with van der Waals surface area (Å²) in [6, 6.07) is 25.6. The normalized spacial score (nSPS) is 15.2. The van der Waals surface area contributed by atoms with Crippen molar-refractivity contribution in [1.29, 1.82) is 0 Å². The quantitative estimate of drug-likeness (QED) is 0.357. The number of piperazine rings is 1. The van der Waals surface area contributed by atoms with Crippen LogP contribution in [0.25, 0.3) is 11.6 Å². The predicted molar refractivity (Wildman–Crippen MR) is 129 cm³/mol. The van der Waals surface area contributed by atoms with Crippen LogP contribution in [-0.4, -0.2) is 41.9 Å². The zero-order valence-electron chi connectivity index (χ0n) is 17.2. The van der Waals surface area contributed by atoms with E-state index in [0.717, 1.165) is 41.9 Å². The van der Waals surface area contributed by atoms with E-state index in [1.807, 2.05) is 89.8 Å². The molecule has 0 aromatic heterocycles. The number of halogens is 2. The molecule has 1 fully saturated rings. The highest BCUT2D eigenvalue weighted by Crippen LogP contribution is 2.25. The number of amides is 1. The van der Waals surface area contributed by atoms with Gasteiger partial charge in [0.05, 0.1) is 10.0 Å². The third-order valence-corrected chi connectivity index (χ3v) is 6.21. The summed E-state index contributed by atoms with van der Waals surface area (Å²) in [5.41, 5.74) is 3.82. The predicted octanol–water partition coefficient (Wildman–Crippen LogP) is 5.88. The van der Waals surface area contributed by atoms with Gasteiger partial charge in [0, 0.05) is 38.3 Å². The fourth-order valence-electron chi connectivity index (χ4n) is 3.78. The van der Waals surface area contributed by atoms with Crippen molar-refractivity contribution in [3.63, 3.8) is 0 Å². The number of hydrogen-bond donors (Lipinski definition) is 0. The van der Waals surface area contributed by atoms with Crippen molar-refractivity contribution in [2.75, 3.05) is 26.2 Å². The van der Waals surface area contributed by atoms with Crippen molar-refractivity contribution in [3.05, 3.63) is 106 Å². The van der Waals surface area contributed by atoms with Crippen molar-refractivity contribution in [3.8, 4) is 0 Å². The first-order chi connectivity index (χ1) is 15.1. The Balaban J connectivity index is 1.46. The molecule has 158 valence electrons. The van der Waals surface area contributed by atoms with Gasteiger partial charge in [-0.15, -0.1) is 0 Å². The third kappa shape index (κ3) is 5.56. The molecular weight excluding hydrogens is 427 g/mol. The van der Waals surface area contributed by atoms with Gasteiger partial charge in [-0.1, -0.05) is 89.9 Å². The Morgan fingerprint density at radius 1 is 0.806 bits per heavy atom. The van der Waals surface area contributed by atoms with Crippen LogP contribution in [0.1, 0.15) is 16.7 Å². The molecule has 5 heteroatoms. The molecule has 1 heterocycles. The van der Waals surface area contributed by atoms with Crippen LogP contribution in [0.2, 0.25) is 10.0 Å². The Bertz CT molecular complexity index is 1060. The zero-order valence-corrected chi connectivity index (χ0v) is 18.7. The Morgan fingerprint density at radius 2 is 1.45 bits per heavy atom. The van der Waals surface area contributed by atoms with E-state index in [2.05, 4.69) is 4.90 Å². The van der Waals surface area contributed by atoms with Crippen LogP contribution in [0.15, 0.2) is 78.9 Å². The van der Waals surface area contributed by atoms with E-state index in [1.165, 1.54) is 0 Å². The summed E-state index contributed by atoms with van der Waals surface area (Å²) in [5.74, 6) is 0.0734. The Hall–Kier alpha value is -2.59. The van der Waals surface area contributed by atoms with E-state index in [4.69, 9.17) is 23.2 Å². The molecule has 1 aliphatic heterocycles. The molecule has 0 aliphatic carbocycles. The van der Waals surface area contributed by atoms with Gasteiger partial charge in [-0.05, 0) is 34.9 Å². The lowest BCUT2D eigenvalue weighted by Crippen LogP contribution is -2.48. The van der Waals surface area contributed by atoms with Crippen LogP contribution < -0.4 is 0 Å². The molecule has 1 saturated heterocycles. The monoisotopic (exact) mass is 450 g/mol. The van der Waals surface area contributed by atoms with Gasteiger partial charge in [-0.25, -0.2) is 0 Å². The molecule has 3 aromatic carbocycles. The Labute approximate surface area is 193 Å². The number of carbonyl (C=O) groups excluding carboxylic acids is 1. The van der Waals surface area contributed by atoms with Gasteiger partial charge in [0.25, 0.3) is 5.91 Å². The Morgan fingerprint density at radius 3 is 2.10 bits per heavy atom. The molecule has 0 radical (unpaired) electrons. The van der Waals surface area contributed by atoms with Gasteiger partial charge in [0.15, 0.2) is 0 Å². The summed E-state index contributed by atoms with van der Waals surface area (Å²) in [6.45, 7) is 3.82. The molecule has 0 unspecified atom stereocenters. The lowest BCUT2D eigenvalue weighted by Gasteiger charge is -2.35. The molecule has 0 atom stereocenters. The van der Waals surface area contributed by atoms with Gasteiger partial charge >= 0.3 is 0 Å². The number of carbonyl (C=O) groups is 1. The summed E-state index contributed by atoms with van der Waals surface area (Å²) in [4.78, 5) is 17.7. The second-order valence-corrected chi connectivity index (χ2v) is 8.47. The summed E-state index contributed by atoms with van der Waals surface area (Å²) in [7, 11) is 0. The van der Waals surface area contributed by atoms with Crippen molar-refractivity contribution < 1.29 is 4.79 Å². The van der Waals surface area contributed by atoms with Gasteiger partial charge < -0.3 is 4.90 Å². The van der Waals surface area contributed by atoms with Gasteiger partial charge in [-0.2, -0.15) is 0 Å². The molecule has 4 rings (SSSR count). The first kappa shape index (κ1) is 21.6. The van der Waals surface area contributed by atoms with Crippen molar-refractivity contribution >= 4 is 40.8 Å². The molecule has 1 amide bonds. The van der Waals surface area contributed by atoms with E-state index in [-0.39, 0.29) is 5.91 Å². The lowest BCUT2D eigenvalue weighted by atomic mass is 10.0. The number of rotatable bonds is 5. The Kier molecular flexibility index (Phi) is 7.08. The SMILES string of the molecule is O=C(/C(=C\c1ccccc1)c1ccccc1)N1CCN(Cc2ccc(Cl)c(Cl)c2)CC1. The molecule has 0 N–H and O–H groups in total. The van der Waals surface area contributed by atoms with E-state index in [1.54, 1.807) is 0 Å². The highest BCUT2D eigenvalue weighted by Gasteiger charge is 2.24. The van der Waals surface area contributed by atoms with Crippen LogP contribution in [-0.2, 0) is 11.3 Å². The maximum Gasteiger partial charge on any atom is 0.254 e. The molecule has 0 spiro atoms. The smallest absolute Gasteiger partial charge is 0.254 e. The number of nitrogens with zero attached hydrogens (tertiary/aromatic N) is 2. The van der Waals surface area contributed by atoms with Crippen LogP contribution in [0, 0.1) is 0 Å². The van der Waals surface area contributed by atoms with E-state index < -0.39 is 0 Å². The first-order valence-electron chi connectivity index (χ1n) is 10.4. The molecule has 0 bridgehead atoms. The summed E-state index contributed by atoms with van der Waals surface area (Å²) >= 11 is 12.2. The minimum absolute atomic E-state index is 0.0734. The lowest BCUT2D eigenvalue weighted by molar-refractivity contribution is -0.126. The largest absolute Gasteiger partial charge is 0.336 e. The minimum Gasteiger partial charge on any atom is -0.336 e. The summed E-state index contributed by atoms with van der Waals surface area (Å²) in [5, 5.41) is 1.14. The van der Waals surface area contributed by atoms with Crippen LogP contribution in [0.3, 0.4) is 0 Å². The first-order valence-corrected chi connectivity index (χ1v) is 11.1. The second kappa shape index (κ2) is 10.1. The fourth-order valence-corrected chi connectivity index (χ4v) is 4.10. The van der Waals surface area contributed by atoms with E-state index >= 15 is 0 Å². The topological polar surface area (TPSA) is 23.6 Å². The molecule has 3 nitrogen and oxygen atoms in total. The molecule has 3 aromatic rings. The van der Waals surface area contributed by atoms with E-state index in [9.17, 15) is 4.79 Å². The van der Waals surface area contributed by atoms with E-state index in [0.29, 0.717) is 23.1 Å². The van der Waals surface area contributed by atoms with Gasteiger partial charge in [-0.3, -0.25) is 9.69 Å². The number of benzene rings is 3. The van der Waals surface area contributed by atoms with Crippen LogP contribution in [0.5, 0.6) is 0 Å². The van der Waals surface area contributed by atoms with Crippen molar-refractivity contribution in [2.45, 2.75) is 6.54 Å². The highest BCUT2D eigenvalue weighted by atomic mass is 35.5. The standard InChI is InChI=1S/C26H24Cl2N2O/c27-24-12-11-21(18-25(24)28)19-29-13-15-30(16-14-29)26(31)23(22-9-5-2-6-10-22)17-20-7-3-1-4-8-20/h1-12,17-18H,13-16,19H2/b23-17-. The van der Waals surface area contributed by atoms with Crippen molar-refractivity contribution in [2.24, 2.45) is 0 Å². The van der Waals surface area contributed by atoms with Gasteiger partial charge in [0.1, 0.15) is 0 Å². The molecule has 0 saturated carbocycles. The molecule has 1 aliphatic rings. The zero-order chi connectivity index (χ0) is 21.6. The minimum atomic E-state index is 0.0734. The van der Waals surface area contributed by atoms with Crippen LogP contribution in [0.4, 0.5) is 0 Å².